The van der Waals surface area contributed by atoms with Crippen LogP contribution in [0.2, 0.25) is 10.0 Å². The zero-order chi connectivity index (χ0) is 14.0. The second kappa shape index (κ2) is 6.45. The molecule has 1 saturated carbocycles. The van der Waals surface area contributed by atoms with E-state index in [0.29, 0.717) is 6.04 Å². The molecular weight excluding hydrogens is 279 g/mol. The number of halogens is 2. The minimum absolute atomic E-state index is 0.209. The number of likely N-dealkylation sites (N-methyl/N-ethyl adjacent to an activating group) is 1. The van der Waals surface area contributed by atoms with Crippen LogP contribution >= 0.6 is 23.2 Å². The molecule has 2 rings (SSSR count). The van der Waals surface area contributed by atoms with Crippen molar-refractivity contribution in [2.75, 3.05) is 13.6 Å². The van der Waals surface area contributed by atoms with Crippen LogP contribution in [0.3, 0.4) is 0 Å². The van der Waals surface area contributed by atoms with Crippen molar-refractivity contribution in [1.82, 2.24) is 10.2 Å². The predicted octanol–water partition coefficient (Wildman–Crippen LogP) is 4.13. The van der Waals surface area contributed by atoms with Gasteiger partial charge in [0, 0.05) is 34.7 Å². The van der Waals surface area contributed by atoms with E-state index in [1.807, 2.05) is 18.2 Å². The molecule has 0 amide bonds. The Labute approximate surface area is 126 Å². The quantitative estimate of drug-likeness (QED) is 0.850. The maximum atomic E-state index is 6.22. The van der Waals surface area contributed by atoms with Crippen LogP contribution in [0.15, 0.2) is 18.2 Å². The largest absolute Gasteiger partial charge is 0.309 e. The van der Waals surface area contributed by atoms with Gasteiger partial charge < -0.3 is 5.32 Å². The van der Waals surface area contributed by atoms with Crippen molar-refractivity contribution in [3.8, 4) is 0 Å². The topological polar surface area (TPSA) is 15.3 Å². The van der Waals surface area contributed by atoms with Gasteiger partial charge >= 0.3 is 0 Å². The van der Waals surface area contributed by atoms with Crippen molar-refractivity contribution < 1.29 is 0 Å². The molecule has 0 spiro atoms. The van der Waals surface area contributed by atoms with Crippen LogP contribution < -0.4 is 5.32 Å². The van der Waals surface area contributed by atoms with E-state index in [4.69, 9.17) is 23.2 Å². The molecule has 1 aliphatic carbocycles. The lowest BCUT2D eigenvalue weighted by atomic mass is 10.1. The van der Waals surface area contributed by atoms with Gasteiger partial charge in [-0.3, -0.25) is 4.90 Å². The zero-order valence-corrected chi connectivity index (χ0v) is 13.3. The lowest BCUT2D eigenvalue weighted by Gasteiger charge is -2.26. The first-order chi connectivity index (χ1) is 8.99. The summed E-state index contributed by atoms with van der Waals surface area (Å²) in [6.07, 6.45) is 2.69. The lowest BCUT2D eigenvalue weighted by Crippen LogP contribution is -2.39. The van der Waals surface area contributed by atoms with Crippen LogP contribution in [0.1, 0.15) is 38.3 Å². The Kier molecular flexibility index (Phi) is 5.13. The highest BCUT2D eigenvalue weighted by molar-refractivity contribution is 6.33. The summed E-state index contributed by atoms with van der Waals surface area (Å²) in [5.41, 5.74) is 1.07. The van der Waals surface area contributed by atoms with Gasteiger partial charge in [-0.05, 0) is 57.5 Å². The van der Waals surface area contributed by atoms with E-state index < -0.39 is 0 Å². The number of benzene rings is 1. The van der Waals surface area contributed by atoms with Gasteiger partial charge in [0.2, 0.25) is 0 Å². The SMILES string of the molecule is CC(NCC(C)N(C)C1CC1)c1cc(Cl)ccc1Cl. The second-order valence-corrected chi connectivity index (χ2v) is 6.39. The van der Waals surface area contributed by atoms with Crippen molar-refractivity contribution in [3.63, 3.8) is 0 Å². The van der Waals surface area contributed by atoms with Crippen LogP contribution in [0.25, 0.3) is 0 Å². The summed E-state index contributed by atoms with van der Waals surface area (Å²) < 4.78 is 0. The summed E-state index contributed by atoms with van der Waals surface area (Å²) in [6.45, 7) is 5.34. The molecule has 2 unspecified atom stereocenters. The standard InChI is InChI=1S/C15H22Cl2N2/c1-10(19(3)13-5-6-13)9-18-11(2)14-8-12(16)4-7-15(14)17/h4,7-8,10-11,13,18H,5-6,9H2,1-3H3. The Hall–Kier alpha value is -0.280. The number of nitrogens with zero attached hydrogens (tertiary/aromatic N) is 1. The third-order valence-electron chi connectivity index (χ3n) is 3.96. The highest BCUT2D eigenvalue weighted by Gasteiger charge is 2.29. The molecule has 1 N–H and O–H groups in total. The molecule has 2 atom stereocenters. The average molecular weight is 301 g/mol. The van der Waals surface area contributed by atoms with Gasteiger partial charge in [-0.25, -0.2) is 0 Å². The molecule has 0 aliphatic heterocycles. The summed E-state index contributed by atoms with van der Waals surface area (Å²) in [5, 5.41) is 5.05. The molecule has 0 heterocycles. The molecule has 0 saturated heterocycles. The van der Waals surface area contributed by atoms with Crippen molar-refractivity contribution in [1.29, 1.82) is 0 Å². The first-order valence-electron chi connectivity index (χ1n) is 6.89. The second-order valence-electron chi connectivity index (χ2n) is 5.54. The fraction of sp³-hybridized carbons (Fsp3) is 0.600. The smallest absolute Gasteiger partial charge is 0.0454 e. The summed E-state index contributed by atoms with van der Waals surface area (Å²) in [4.78, 5) is 2.46. The molecule has 1 aromatic rings. The molecule has 2 nitrogen and oxygen atoms in total. The molecular formula is C15H22Cl2N2. The van der Waals surface area contributed by atoms with E-state index in [2.05, 4.69) is 31.1 Å². The summed E-state index contributed by atoms with van der Waals surface area (Å²) in [7, 11) is 2.21. The Morgan fingerprint density at radius 1 is 1.32 bits per heavy atom. The van der Waals surface area contributed by atoms with E-state index in [1.165, 1.54) is 12.8 Å². The van der Waals surface area contributed by atoms with Crippen LogP contribution in [-0.4, -0.2) is 30.6 Å². The first-order valence-corrected chi connectivity index (χ1v) is 7.65. The highest BCUT2D eigenvalue weighted by Crippen LogP contribution is 2.28. The van der Waals surface area contributed by atoms with Crippen LogP contribution in [0.4, 0.5) is 0 Å². The molecule has 0 bridgehead atoms. The molecule has 1 aromatic carbocycles. The van der Waals surface area contributed by atoms with Crippen molar-refractivity contribution >= 4 is 23.2 Å². The minimum Gasteiger partial charge on any atom is -0.309 e. The van der Waals surface area contributed by atoms with Gasteiger partial charge in [0.25, 0.3) is 0 Å². The molecule has 0 aromatic heterocycles. The van der Waals surface area contributed by atoms with Crippen molar-refractivity contribution in [2.45, 2.75) is 44.8 Å². The minimum atomic E-state index is 0.209. The zero-order valence-electron chi connectivity index (χ0n) is 11.8. The molecule has 19 heavy (non-hydrogen) atoms. The van der Waals surface area contributed by atoms with Crippen molar-refractivity contribution in [2.24, 2.45) is 0 Å². The van der Waals surface area contributed by atoms with Gasteiger partial charge in [0.15, 0.2) is 0 Å². The third-order valence-corrected chi connectivity index (χ3v) is 4.54. The number of hydrogen-bond donors (Lipinski definition) is 1. The fourth-order valence-electron chi connectivity index (χ4n) is 2.29. The Bertz CT molecular complexity index is 432. The van der Waals surface area contributed by atoms with E-state index in [9.17, 15) is 0 Å². The van der Waals surface area contributed by atoms with Crippen LogP contribution in [0, 0.1) is 0 Å². The van der Waals surface area contributed by atoms with Crippen LogP contribution in [-0.2, 0) is 0 Å². The summed E-state index contributed by atoms with van der Waals surface area (Å²) >= 11 is 12.2. The lowest BCUT2D eigenvalue weighted by molar-refractivity contribution is 0.237. The molecule has 106 valence electrons. The van der Waals surface area contributed by atoms with E-state index in [1.54, 1.807) is 0 Å². The van der Waals surface area contributed by atoms with E-state index in [-0.39, 0.29) is 6.04 Å². The molecule has 1 aliphatic rings. The third kappa shape index (κ3) is 4.09. The van der Waals surface area contributed by atoms with Gasteiger partial charge in [-0.1, -0.05) is 23.2 Å². The van der Waals surface area contributed by atoms with Gasteiger partial charge in [-0.2, -0.15) is 0 Å². The Morgan fingerprint density at radius 2 is 2.00 bits per heavy atom. The maximum Gasteiger partial charge on any atom is 0.0454 e. The van der Waals surface area contributed by atoms with E-state index in [0.717, 1.165) is 28.2 Å². The number of nitrogens with one attached hydrogen (secondary N) is 1. The normalized spacial score (nSPS) is 18.6. The molecule has 0 radical (unpaired) electrons. The fourth-order valence-corrected chi connectivity index (χ4v) is 2.75. The highest BCUT2D eigenvalue weighted by atomic mass is 35.5. The monoisotopic (exact) mass is 300 g/mol. The van der Waals surface area contributed by atoms with Gasteiger partial charge in [0.05, 0.1) is 0 Å². The average Bonchev–Trinajstić information content (AvgIpc) is 3.21. The van der Waals surface area contributed by atoms with Gasteiger partial charge in [0.1, 0.15) is 0 Å². The molecule has 1 fully saturated rings. The Morgan fingerprint density at radius 3 is 2.63 bits per heavy atom. The van der Waals surface area contributed by atoms with E-state index >= 15 is 0 Å². The van der Waals surface area contributed by atoms with Gasteiger partial charge in [-0.15, -0.1) is 0 Å². The maximum absolute atomic E-state index is 6.22. The number of hydrogen-bond acceptors (Lipinski definition) is 2. The molecule has 4 heteroatoms. The first kappa shape index (κ1) is 15.1. The number of rotatable bonds is 6. The summed E-state index contributed by atoms with van der Waals surface area (Å²) in [5.74, 6) is 0. The van der Waals surface area contributed by atoms with Crippen molar-refractivity contribution in [3.05, 3.63) is 33.8 Å². The predicted molar refractivity (Wildman–Crippen MR) is 83.1 cm³/mol. The Balaban J connectivity index is 1.89. The summed E-state index contributed by atoms with van der Waals surface area (Å²) in [6, 6.07) is 7.16. The van der Waals surface area contributed by atoms with Crippen LogP contribution in [0.5, 0.6) is 0 Å².